The molecule has 1 saturated carbocycles. The molecule has 2 fully saturated rings. The van der Waals surface area contributed by atoms with Crippen LogP contribution in [0.25, 0.3) is 0 Å². The molecule has 0 spiro atoms. The minimum absolute atomic E-state index is 0.431. The van der Waals surface area contributed by atoms with Crippen molar-refractivity contribution in [2.24, 2.45) is 0 Å². The fourth-order valence-corrected chi connectivity index (χ4v) is 4.67. The second-order valence-corrected chi connectivity index (χ2v) is 7.66. The maximum atomic E-state index is 10.6. The molecule has 3 heteroatoms. The van der Waals surface area contributed by atoms with Crippen molar-refractivity contribution in [2.45, 2.75) is 56.9 Å². The first-order valence-electron chi connectivity index (χ1n) is 10.0. The summed E-state index contributed by atoms with van der Waals surface area (Å²) in [6, 6.07) is 18.1. The monoisotopic (exact) mass is 348 g/mol. The van der Waals surface area contributed by atoms with Crippen molar-refractivity contribution in [3.63, 3.8) is 0 Å². The Bertz CT molecular complexity index is 717. The number of carbonyl (C=O) groups excluding carboxylic acids is 1. The van der Waals surface area contributed by atoms with Gasteiger partial charge in [-0.05, 0) is 67.0 Å². The van der Waals surface area contributed by atoms with Crippen molar-refractivity contribution in [3.05, 3.63) is 59.7 Å². The number of rotatable bonds is 5. The predicted molar refractivity (Wildman–Crippen MR) is 108 cm³/mol. The number of hydrogen-bond acceptors (Lipinski definition) is 2. The van der Waals surface area contributed by atoms with Crippen LogP contribution in [0.3, 0.4) is 0 Å². The Kier molecular flexibility index (Phi) is 5.24. The third kappa shape index (κ3) is 3.62. The molecule has 4 rings (SSSR count). The van der Waals surface area contributed by atoms with Gasteiger partial charge in [-0.15, -0.1) is 0 Å². The topological polar surface area (TPSA) is 32.3 Å². The van der Waals surface area contributed by atoms with Gasteiger partial charge in [0.1, 0.15) is 0 Å². The average molecular weight is 348 g/mol. The van der Waals surface area contributed by atoms with E-state index in [-0.39, 0.29) is 0 Å². The van der Waals surface area contributed by atoms with Gasteiger partial charge in [0.15, 0.2) is 0 Å². The highest BCUT2D eigenvalue weighted by atomic mass is 16.1. The van der Waals surface area contributed by atoms with Crippen molar-refractivity contribution < 1.29 is 4.79 Å². The zero-order valence-electron chi connectivity index (χ0n) is 15.4. The van der Waals surface area contributed by atoms with Crippen LogP contribution in [-0.2, 0) is 4.79 Å². The van der Waals surface area contributed by atoms with Gasteiger partial charge in [-0.3, -0.25) is 4.79 Å². The Balaban J connectivity index is 1.49. The van der Waals surface area contributed by atoms with Gasteiger partial charge in [0.05, 0.1) is 6.04 Å². The average Bonchev–Trinajstić information content (AvgIpc) is 3.19. The van der Waals surface area contributed by atoms with E-state index in [2.05, 4.69) is 46.6 Å². The van der Waals surface area contributed by atoms with E-state index < -0.39 is 0 Å². The Morgan fingerprint density at radius 2 is 1.50 bits per heavy atom. The molecule has 0 radical (unpaired) electrons. The van der Waals surface area contributed by atoms with Gasteiger partial charge in [-0.1, -0.05) is 43.5 Å². The molecule has 1 aliphatic carbocycles. The van der Waals surface area contributed by atoms with Crippen molar-refractivity contribution >= 4 is 17.8 Å². The maximum absolute atomic E-state index is 10.6. The van der Waals surface area contributed by atoms with Crippen LogP contribution in [0.15, 0.2) is 48.5 Å². The summed E-state index contributed by atoms with van der Waals surface area (Å²) in [4.78, 5) is 13.1. The summed E-state index contributed by atoms with van der Waals surface area (Å²) in [5.41, 5.74) is 5.04. The Labute approximate surface area is 156 Å². The molecule has 1 N–H and O–H groups in total. The van der Waals surface area contributed by atoms with Crippen LogP contribution in [0.1, 0.15) is 68.0 Å². The molecule has 0 bridgehead atoms. The molecule has 2 aromatic carbocycles. The van der Waals surface area contributed by atoms with Gasteiger partial charge in [-0.25, -0.2) is 0 Å². The van der Waals surface area contributed by atoms with Crippen molar-refractivity contribution in [2.75, 3.05) is 16.8 Å². The summed E-state index contributed by atoms with van der Waals surface area (Å²) < 4.78 is 0. The van der Waals surface area contributed by atoms with Crippen LogP contribution >= 0.6 is 0 Å². The van der Waals surface area contributed by atoms with E-state index in [1.165, 1.54) is 61.8 Å². The van der Waals surface area contributed by atoms with Gasteiger partial charge in [0.2, 0.25) is 6.41 Å². The molecule has 26 heavy (non-hydrogen) atoms. The number of nitrogens with one attached hydrogen (secondary N) is 1. The van der Waals surface area contributed by atoms with Crippen LogP contribution in [-0.4, -0.2) is 13.0 Å². The molecule has 2 aliphatic rings. The maximum Gasteiger partial charge on any atom is 0.211 e. The van der Waals surface area contributed by atoms with E-state index in [4.69, 9.17) is 0 Å². The molecule has 3 nitrogen and oxygen atoms in total. The van der Waals surface area contributed by atoms with Gasteiger partial charge >= 0.3 is 0 Å². The van der Waals surface area contributed by atoms with Crippen LogP contribution in [0, 0.1) is 0 Å². The summed E-state index contributed by atoms with van der Waals surface area (Å²) in [5.74, 6) is 0.769. The van der Waals surface area contributed by atoms with Gasteiger partial charge in [-0.2, -0.15) is 0 Å². The molecule has 136 valence electrons. The standard InChI is InChI=1S/C23H28N2O/c26-17-24-21-12-8-20(9-13-21)23-7-4-16-25(23)22-14-10-19(11-15-22)18-5-2-1-3-6-18/h8-15,17-18,23H,1-7,16H2,(H,24,26)/t23-/m1/s1. The molecule has 0 aromatic heterocycles. The van der Waals surface area contributed by atoms with Crippen molar-refractivity contribution in [3.8, 4) is 0 Å². The number of nitrogens with zero attached hydrogens (tertiary/aromatic N) is 1. The molecule has 0 unspecified atom stereocenters. The van der Waals surface area contributed by atoms with Crippen molar-refractivity contribution in [1.29, 1.82) is 0 Å². The largest absolute Gasteiger partial charge is 0.364 e. The van der Waals surface area contributed by atoms with E-state index in [0.717, 1.165) is 24.6 Å². The Morgan fingerprint density at radius 3 is 2.19 bits per heavy atom. The summed E-state index contributed by atoms with van der Waals surface area (Å²) in [5, 5.41) is 2.71. The first-order valence-corrected chi connectivity index (χ1v) is 10.0. The highest BCUT2D eigenvalue weighted by Crippen LogP contribution is 2.38. The lowest BCUT2D eigenvalue weighted by atomic mass is 9.84. The molecular weight excluding hydrogens is 320 g/mol. The number of anilines is 2. The second kappa shape index (κ2) is 7.94. The zero-order valence-corrected chi connectivity index (χ0v) is 15.4. The molecule has 1 saturated heterocycles. The highest BCUT2D eigenvalue weighted by Gasteiger charge is 2.26. The number of carbonyl (C=O) groups is 1. The zero-order chi connectivity index (χ0) is 17.8. The summed E-state index contributed by atoms with van der Waals surface area (Å²) >= 11 is 0. The summed E-state index contributed by atoms with van der Waals surface area (Å²) in [7, 11) is 0. The minimum atomic E-state index is 0.431. The third-order valence-corrected chi connectivity index (χ3v) is 6.08. The molecule has 1 atom stereocenters. The SMILES string of the molecule is O=CNc1ccc([C@H]2CCCN2c2ccc(C3CCCCC3)cc2)cc1. The lowest BCUT2D eigenvalue weighted by Gasteiger charge is -2.28. The van der Waals surface area contributed by atoms with Gasteiger partial charge < -0.3 is 10.2 Å². The first kappa shape index (κ1) is 17.1. The van der Waals surface area contributed by atoms with E-state index in [1.807, 2.05) is 12.1 Å². The minimum Gasteiger partial charge on any atom is -0.364 e. The number of amides is 1. The lowest BCUT2D eigenvalue weighted by Crippen LogP contribution is -2.22. The molecule has 1 heterocycles. The molecular formula is C23H28N2O. The Hall–Kier alpha value is -2.29. The van der Waals surface area contributed by atoms with Crippen LogP contribution in [0.2, 0.25) is 0 Å². The van der Waals surface area contributed by atoms with Crippen molar-refractivity contribution in [1.82, 2.24) is 0 Å². The van der Waals surface area contributed by atoms with Gasteiger partial charge in [0.25, 0.3) is 0 Å². The van der Waals surface area contributed by atoms with E-state index in [1.54, 1.807) is 0 Å². The molecule has 1 amide bonds. The smallest absolute Gasteiger partial charge is 0.211 e. The normalized spacial score (nSPS) is 20.9. The fourth-order valence-electron chi connectivity index (χ4n) is 4.67. The predicted octanol–water partition coefficient (Wildman–Crippen LogP) is 5.64. The lowest BCUT2D eigenvalue weighted by molar-refractivity contribution is -0.105. The number of hydrogen-bond donors (Lipinski definition) is 1. The van der Waals surface area contributed by atoms with Crippen LogP contribution < -0.4 is 10.2 Å². The highest BCUT2D eigenvalue weighted by molar-refractivity contribution is 5.71. The molecule has 2 aromatic rings. The van der Waals surface area contributed by atoms with Gasteiger partial charge in [0, 0.05) is 17.9 Å². The summed E-state index contributed by atoms with van der Waals surface area (Å²) in [6.45, 7) is 1.11. The third-order valence-electron chi connectivity index (χ3n) is 6.08. The Morgan fingerprint density at radius 1 is 0.808 bits per heavy atom. The number of benzene rings is 2. The fraction of sp³-hybridized carbons (Fsp3) is 0.435. The van der Waals surface area contributed by atoms with E-state index >= 15 is 0 Å². The van der Waals surface area contributed by atoms with E-state index in [0.29, 0.717) is 6.04 Å². The summed E-state index contributed by atoms with van der Waals surface area (Å²) in [6.07, 6.45) is 10.0. The van der Waals surface area contributed by atoms with Crippen LogP contribution in [0.4, 0.5) is 11.4 Å². The second-order valence-electron chi connectivity index (χ2n) is 7.66. The quantitative estimate of drug-likeness (QED) is 0.709. The van der Waals surface area contributed by atoms with E-state index in [9.17, 15) is 4.79 Å². The molecule has 1 aliphatic heterocycles. The first-order chi connectivity index (χ1) is 12.8. The van der Waals surface area contributed by atoms with Crippen LogP contribution in [0.5, 0.6) is 0 Å².